The zero-order valence-electron chi connectivity index (χ0n) is 32.3. The number of furan rings is 1. The van der Waals surface area contributed by atoms with E-state index >= 15 is 0 Å². The summed E-state index contributed by atoms with van der Waals surface area (Å²) in [6.45, 7) is 4.71. The average Bonchev–Trinajstić information content (AvgIpc) is 3.78. The molecule has 0 atom stereocenters. The van der Waals surface area contributed by atoms with Gasteiger partial charge in [0.25, 0.3) is 0 Å². The molecule has 0 bridgehead atoms. The second-order valence-electron chi connectivity index (χ2n) is 15.8. The van der Waals surface area contributed by atoms with Crippen molar-refractivity contribution < 1.29 is 4.42 Å². The number of fused-ring (bicyclic) bond motifs is 6. The van der Waals surface area contributed by atoms with Crippen LogP contribution in [0.3, 0.4) is 0 Å². The molecule has 0 aliphatic heterocycles. The lowest BCUT2D eigenvalue weighted by Crippen LogP contribution is -2.16. The Kier molecular flexibility index (Phi) is 7.84. The third-order valence-electron chi connectivity index (χ3n) is 11.9. The summed E-state index contributed by atoms with van der Waals surface area (Å²) in [5.74, 6) is 0.694. The molecule has 0 unspecified atom stereocenters. The third-order valence-corrected chi connectivity index (χ3v) is 11.9. The van der Waals surface area contributed by atoms with Crippen LogP contribution in [0.2, 0.25) is 0 Å². The maximum absolute atomic E-state index is 6.23. The monoisotopic (exact) mass is 742 g/mol. The minimum absolute atomic E-state index is 0.0966. The van der Waals surface area contributed by atoms with Crippen LogP contribution in [0.4, 0.5) is 0 Å². The highest BCUT2D eigenvalue weighted by Crippen LogP contribution is 2.52. The Morgan fingerprint density at radius 1 is 0.362 bits per heavy atom. The minimum atomic E-state index is -0.0966. The summed E-state index contributed by atoms with van der Waals surface area (Å²) in [4.78, 5) is 10.3. The molecule has 274 valence electrons. The summed E-state index contributed by atoms with van der Waals surface area (Å²) in [5, 5.41) is 2.21. The molecule has 10 aromatic rings. The zero-order chi connectivity index (χ0) is 38.8. The predicted octanol–water partition coefficient (Wildman–Crippen LogP) is 14.7. The van der Waals surface area contributed by atoms with Crippen molar-refractivity contribution in [2.24, 2.45) is 0 Å². The van der Waals surface area contributed by atoms with Gasteiger partial charge in [0.15, 0.2) is 5.82 Å². The molecule has 0 saturated carbocycles. The van der Waals surface area contributed by atoms with Gasteiger partial charge in [-0.05, 0) is 98.1 Å². The van der Waals surface area contributed by atoms with Crippen LogP contribution in [-0.4, -0.2) is 9.97 Å². The average molecular weight is 743 g/mol. The van der Waals surface area contributed by atoms with E-state index in [-0.39, 0.29) is 5.41 Å². The Hall–Kier alpha value is -7.36. The quantitative estimate of drug-likeness (QED) is 0.170. The van der Waals surface area contributed by atoms with Crippen LogP contribution in [0, 0.1) is 0 Å². The molecular formula is C55H38N2O. The van der Waals surface area contributed by atoms with Crippen molar-refractivity contribution in [3.8, 4) is 78.4 Å². The summed E-state index contributed by atoms with van der Waals surface area (Å²) in [6, 6.07) is 69.0. The van der Waals surface area contributed by atoms with Crippen LogP contribution < -0.4 is 0 Å². The molecule has 2 heterocycles. The highest BCUT2D eigenvalue weighted by atomic mass is 16.3. The van der Waals surface area contributed by atoms with Gasteiger partial charge in [-0.15, -0.1) is 0 Å². The smallest absolute Gasteiger partial charge is 0.160 e. The van der Waals surface area contributed by atoms with Crippen molar-refractivity contribution in [3.63, 3.8) is 0 Å². The van der Waals surface area contributed by atoms with E-state index in [0.29, 0.717) is 5.82 Å². The van der Waals surface area contributed by atoms with Crippen molar-refractivity contribution >= 4 is 21.9 Å². The molecule has 3 heteroatoms. The summed E-state index contributed by atoms with van der Waals surface area (Å²) in [5.41, 5.74) is 18.9. The first-order chi connectivity index (χ1) is 28.5. The number of benzene rings is 8. The number of hydrogen-bond donors (Lipinski definition) is 0. The van der Waals surface area contributed by atoms with E-state index in [2.05, 4.69) is 172 Å². The Morgan fingerprint density at radius 3 is 1.72 bits per heavy atom. The van der Waals surface area contributed by atoms with Gasteiger partial charge in [0.2, 0.25) is 0 Å². The van der Waals surface area contributed by atoms with Gasteiger partial charge in [0, 0.05) is 32.9 Å². The van der Waals surface area contributed by atoms with Gasteiger partial charge in [-0.25, -0.2) is 9.97 Å². The van der Waals surface area contributed by atoms with Crippen molar-refractivity contribution in [2.45, 2.75) is 19.3 Å². The normalized spacial score (nSPS) is 12.8. The van der Waals surface area contributed by atoms with Crippen LogP contribution in [0.1, 0.15) is 25.0 Å². The molecule has 0 N–H and O–H groups in total. The SMILES string of the molecule is CC1(C)c2ccccc2-c2cccc(-c3ccc(-c4cc(-c5ccc6oc7ccccc7c6c5)cc(-c5cc(-c6ccccc6)nc(-c6ccccc6)n5)c4)cc3)c21. The number of aromatic nitrogens is 2. The molecule has 0 radical (unpaired) electrons. The van der Waals surface area contributed by atoms with E-state index in [1.807, 2.05) is 36.4 Å². The van der Waals surface area contributed by atoms with E-state index in [1.54, 1.807) is 0 Å². The van der Waals surface area contributed by atoms with Crippen LogP contribution in [0.25, 0.3) is 100 Å². The highest BCUT2D eigenvalue weighted by molar-refractivity contribution is 6.06. The Bertz CT molecular complexity index is 3120. The third kappa shape index (κ3) is 5.66. The van der Waals surface area contributed by atoms with Crippen LogP contribution in [0.5, 0.6) is 0 Å². The largest absolute Gasteiger partial charge is 0.456 e. The van der Waals surface area contributed by atoms with Gasteiger partial charge >= 0.3 is 0 Å². The van der Waals surface area contributed by atoms with Crippen molar-refractivity contribution in [2.75, 3.05) is 0 Å². The molecule has 11 rings (SSSR count). The fourth-order valence-corrected chi connectivity index (χ4v) is 9.01. The van der Waals surface area contributed by atoms with E-state index in [0.717, 1.165) is 72.3 Å². The highest BCUT2D eigenvalue weighted by Gasteiger charge is 2.37. The van der Waals surface area contributed by atoms with Crippen molar-refractivity contribution in [1.29, 1.82) is 0 Å². The second-order valence-corrected chi connectivity index (χ2v) is 15.8. The fourth-order valence-electron chi connectivity index (χ4n) is 9.01. The molecule has 0 saturated heterocycles. The summed E-state index contributed by atoms with van der Waals surface area (Å²) in [6.07, 6.45) is 0. The van der Waals surface area contributed by atoms with Crippen LogP contribution >= 0.6 is 0 Å². The van der Waals surface area contributed by atoms with E-state index < -0.39 is 0 Å². The topological polar surface area (TPSA) is 38.9 Å². The van der Waals surface area contributed by atoms with Crippen molar-refractivity contribution in [1.82, 2.24) is 9.97 Å². The van der Waals surface area contributed by atoms with Gasteiger partial charge in [-0.1, -0.05) is 166 Å². The fraction of sp³-hybridized carbons (Fsp3) is 0.0545. The predicted molar refractivity (Wildman–Crippen MR) is 239 cm³/mol. The molecule has 0 fully saturated rings. The van der Waals surface area contributed by atoms with Crippen molar-refractivity contribution in [3.05, 3.63) is 205 Å². The van der Waals surface area contributed by atoms with Gasteiger partial charge < -0.3 is 4.42 Å². The summed E-state index contributed by atoms with van der Waals surface area (Å²) >= 11 is 0. The number of para-hydroxylation sites is 1. The first-order valence-electron chi connectivity index (χ1n) is 19.9. The maximum Gasteiger partial charge on any atom is 0.160 e. The van der Waals surface area contributed by atoms with Gasteiger partial charge in [0.05, 0.1) is 11.4 Å². The summed E-state index contributed by atoms with van der Waals surface area (Å²) in [7, 11) is 0. The lowest BCUT2D eigenvalue weighted by atomic mass is 9.79. The standard InChI is InChI=1S/C55H38N2O/c1-55(2)48-22-11-9-18-44(48)46-21-13-20-43(53(46)55)36-26-24-35(25-27-36)40-30-41(39-28-29-52-47(33-39)45-19-10-12-23-51(45)58-52)32-42(31-40)50-34-49(37-14-5-3-6-15-37)56-54(57-50)38-16-7-4-8-17-38/h3-34H,1-2H3. The number of nitrogens with zero attached hydrogens (tertiary/aromatic N) is 2. The first kappa shape index (κ1) is 33.9. The Balaban J connectivity index is 1.08. The number of rotatable bonds is 6. The van der Waals surface area contributed by atoms with Gasteiger partial charge in [-0.3, -0.25) is 0 Å². The molecule has 1 aliphatic carbocycles. The Morgan fingerprint density at radius 2 is 0.931 bits per heavy atom. The number of hydrogen-bond acceptors (Lipinski definition) is 3. The van der Waals surface area contributed by atoms with Gasteiger partial charge in [-0.2, -0.15) is 0 Å². The van der Waals surface area contributed by atoms with Crippen LogP contribution in [-0.2, 0) is 5.41 Å². The summed E-state index contributed by atoms with van der Waals surface area (Å²) < 4.78 is 6.23. The molecule has 58 heavy (non-hydrogen) atoms. The molecular weight excluding hydrogens is 705 g/mol. The van der Waals surface area contributed by atoms with Gasteiger partial charge in [0.1, 0.15) is 11.2 Å². The van der Waals surface area contributed by atoms with E-state index in [1.165, 1.54) is 33.4 Å². The molecule has 0 spiro atoms. The van der Waals surface area contributed by atoms with Crippen LogP contribution in [0.15, 0.2) is 199 Å². The molecule has 8 aromatic carbocycles. The second kappa shape index (κ2) is 13.4. The lowest BCUT2D eigenvalue weighted by molar-refractivity contribution is 0.662. The lowest BCUT2D eigenvalue weighted by Gasteiger charge is -2.24. The first-order valence-corrected chi connectivity index (χ1v) is 19.9. The zero-order valence-corrected chi connectivity index (χ0v) is 32.3. The van der Waals surface area contributed by atoms with E-state index in [4.69, 9.17) is 14.4 Å². The molecule has 0 amide bonds. The Labute approximate surface area is 338 Å². The molecule has 2 aromatic heterocycles. The molecule has 1 aliphatic rings. The minimum Gasteiger partial charge on any atom is -0.456 e. The molecule has 3 nitrogen and oxygen atoms in total. The van der Waals surface area contributed by atoms with E-state index in [9.17, 15) is 0 Å². The maximum atomic E-state index is 6.23.